The van der Waals surface area contributed by atoms with Crippen molar-refractivity contribution in [3.8, 4) is 0 Å². The average Bonchev–Trinajstić information content (AvgIpc) is 2.69. The van der Waals surface area contributed by atoms with Crippen LogP contribution in [0.3, 0.4) is 0 Å². The van der Waals surface area contributed by atoms with Crippen LogP contribution in [0.15, 0.2) is 18.9 Å². The van der Waals surface area contributed by atoms with Crippen LogP contribution in [0, 0.1) is 0 Å². The third kappa shape index (κ3) is 4.71. The Morgan fingerprint density at radius 2 is 2.53 bits per heavy atom. The van der Waals surface area contributed by atoms with Crippen molar-refractivity contribution in [3.05, 3.63) is 24.5 Å². The molecule has 0 bridgehead atoms. The molecule has 5 heteroatoms. The molecule has 1 rings (SSSR count). The predicted molar refractivity (Wildman–Crippen MR) is 58.4 cm³/mol. The van der Waals surface area contributed by atoms with Crippen LogP contribution in [0.25, 0.3) is 0 Å². The first-order valence-corrected chi connectivity index (χ1v) is 5.15. The summed E-state index contributed by atoms with van der Waals surface area (Å²) >= 11 is 0. The Morgan fingerprint density at radius 1 is 1.67 bits per heavy atom. The monoisotopic (exact) mass is 210 g/mol. The molecule has 1 heterocycles. The molecule has 0 aromatic carbocycles. The first kappa shape index (κ1) is 11.9. The van der Waals surface area contributed by atoms with Gasteiger partial charge in [-0.15, -0.1) is 11.7 Å². The SMILES string of the molecule is C=CCOCCn1cc(CNCC)nn1. The third-order valence-corrected chi connectivity index (χ3v) is 1.84. The first-order chi connectivity index (χ1) is 7.36. The summed E-state index contributed by atoms with van der Waals surface area (Å²) in [6.45, 7) is 9.29. The average molecular weight is 210 g/mol. The largest absolute Gasteiger partial charge is 0.375 e. The molecule has 15 heavy (non-hydrogen) atoms. The van der Waals surface area contributed by atoms with Gasteiger partial charge in [0.05, 0.1) is 25.5 Å². The number of nitrogens with zero attached hydrogens (tertiary/aromatic N) is 3. The lowest BCUT2D eigenvalue weighted by Gasteiger charge is -2.00. The molecule has 0 amide bonds. The van der Waals surface area contributed by atoms with Gasteiger partial charge in [0.1, 0.15) is 0 Å². The smallest absolute Gasteiger partial charge is 0.0964 e. The number of ether oxygens (including phenoxy) is 1. The van der Waals surface area contributed by atoms with Gasteiger partial charge in [0.25, 0.3) is 0 Å². The molecule has 0 radical (unpaired) electrons. The Bertz CT molecular complexity index is 285. The normalized spacial score (nSPS) is 10.5. The van der Waals surface area contributed by atoms with Gasteiger partial charge < -0.3 is 10.1 Å². The van der Waals surface area contributed by atoms with Crippen molar-refractivity contribution in [3.63, 3.8) is 0 Å². The Labute approximate surface area is 90.1 Å². The number of hydrogen-bond acceptors (Lipinski definition) is 4. The lowest BCUT2D eigenvalue weighted by molar-refractivity contribution is 0.149. The zero-order chi connectivity index (χ0) is 10.9. The van der Waals surface area contributed by atoms with Crippen LogP contribution in [-0.4, -0.2) is 34.8 Å². The second-order valence-corrected chi connectivity index (χ2v) is 3.12. The molecule has 0 saturated heterocycles. The van der Waals surface area contributed by atoms with Crippen molar-refractivity contribution in [2.24, 2.45) is 0 Å². The van der Waals surface area contributed by atoms with E-state index in [1.807, 2.05) is 6.20 Å². The van der Waals surface area contributed by atoms with E-state index in [9.17, 15) is 0 Å². The lowest BCUT2D eigenvalue weighted by atomic mass is 10.4. The first-order valence-electron chi connectivity index (χ1n) is 5.15. The maximum atomic E-state index is 5.25. The van der Waals surface area contributed by atoms with Gasteiger partial charge in [0, 0.05) is 12.7 Å². The van der Waals surface area contributed by atoms with Crippen molar-refractivity contribution in [2.75, 3.05) is 19.8 Å². The highest BCUT2D eigenvalue weighted by Gasteiger charge is 1.98. The molecular weight excluding hydrogens is 192 g/mol. The highest BCUT2D eigenvalue weighted by molar-refractivity contribution is 4.91. The van der Waals surface area contributed by atoms with E-state index in [-0.39, 0.29) is 0 Å². The molecule has 0 atom stereocenters. The number of aromatic nitrogens is 3. The summed E-state index contributed by atoms with van der Waals surface area (Å²) in [6, 6.07) is 0. The minimum atomic E-state index is 0.582. The van der Waals surface area contributed by atoms with Gasteiger partial charge in [-0.05, 0) is 6.54 Å². The number of nitrogens with one attached hydrogen (secondary N) is 1. The van der Waals surface area contributed by atoms with Gasteiger partial charge in [-0.3, -0.25) is 0 Å². The van der Waals surface area contributed by atoms with Gasteiger partial charge >= 0.3 is 0 Å². The molecule has 0 aliphatic carbocycles. The van der Waals surface area contributed by atoms with Crippen molar-refractivity contribution < 1.29 is 4.74 Å². The molecule has 0 unspecified atom stereocenters. The van der Waals surface area contributed by atoms with E-state index < -0.39 is 0 Å². The van der Waals surface area contributed by atoms with Crippen molar-refractivity contribution in [1.29, 1.82) is 0 Å². The molecule has 0 aliphatic rings. The van der Waals surface area contributed by atoms with Crippen LogP contribution in [0.2, 0.25) is 0 Å². The van der Waals surface area contributed by atoms with Gasteiger partial charge in [-0.2, -0.15) is 0 Å². The second kappa shape index (κ2) is 7.14. The van der Waals surface area contributed by atoms with Crippen LogP contribution in [0.4, 0.5) is 0 Å². The van der Waals surface area contributed by atoms with E-state index in [2.05, 4.69) is 29.1 Å². The summed E-state index contributed by atoms with van der Waals surface area (Å²) in [4.78, 5) is 0. The van der Waals surface area contributed by atoms with Crippen LogP contribution in [-0.2, 0) is 17.8 Å². The van der Waals surface area contributed by atoms with Crippen LogP contribution in [0.5, 0.6) is 0 Å². The Balaban J connectivity index is 2.23. The maximum Gasteiger partial charge on any atom is 0.0964 e. The molecule has 1 N–H and O–H groups in total. The highest BCUT2D eigenvalue weighted by atomic mass is 16.5. The fourth-order valence-electron chi connectivity index (χ4n) is 1.11. The van der Waals surface area contributed by atoms with Gasteiger partial charge in [-0.1, -0.05) is 18.2 Å². The summed E-state index contributed by atoms with van der Waals surface area (Å²) in [5, 5.41) is 11.2. The standard InChI is InChI=1S/C10H18N4O/c1-3-6-15-7-5-14-9-10(12-13-14)8-11-4-2/h3,9,11H,1,4-8H2,2H3. The molecular formula is C10H18N4O. The number of rotatable bonds is 8. The van der Waals surface area contributed by atoms with Crippen LogP contribution in [0.1, 0.15) is 12.6 Å². The quantitative estimate of drug-likeness (QED) is 0.504. The van der Waals surface area contributed by atoms with Crippen molar-refractivity contribution in [1.82, 2.24) is 20.3 Å². The van der Waals surface area contributed by atoms with E-state index in [1.54, 1.807) is 10.8 Å². The van der Waals surface area contributed by atoms with Crippen molar-refractivity contribution in [2.45, 2.75) is 20.0 Å². The minimum Gasteiger partial charge on any atom is -0.375 e. The predicted octanol–water partition coefficient (Wildman–Crippen LogP) is 0.590. The second-order valence-electron chi connectivity index (χ2n) is 3.12. The minimum absolute atomic E-state index is 0.582. The molecule has 1 aromatic heterocycles. The summed E-state index contributed by atoms with van der Waals surface area (Å²) < 4.78 is 7.04. The van der Waals surface area contributed by atoms with Crippen LogP contribution < -0.4 is 5.32 Å². The molecule has 1 aromatic rings. The topological polar surface area (TPSA) is 52.0 Å². The third-order valence-electron chi connectivity index (χ3n) is 1.84. The van der Waals surface area contributed by atoms with E-state index >= 15 is 0 Å². The van der Waals surface area contributed by atoms with E-state index in [4.69, 9.17) is 4.74 Å². The van der Waals surface area contributed by atoms with Crippen LogP contribution >= 0.6 is 0 Å². The molecule has 0 aliphatic heterocycles. The van der Waals surface area contributed by atoms with E-state index in [1.165, 1.54) is 0 Å². The fourth-order valence-corrected chi connectivity index (χ4v) is 1.11. The zero-order valence-electron chi connectivity index (χ0n) is 9.15. The van der Waals surface area contributed by atoms with Gasteiger partial charge in [0.2, 0.25) is 0 Å². The summed E-state index contributed by atoms with van der Waals surface area (Å²) in [5.74, 6) is 0. The molecule has 0 spiro atoms. The van der Waals surface area contributed by atoms with E-state index in [0.29, 0.717) is 13.2 Å². The molecule has 84 valence electrons. The maximum absolute atomic E-state index is 5.25. The van der Waals surface area contributed by atoms with Crippen molar-refractivity contribution >= 4 is 0 Å². The molecule has 5 nitrogen and oxygen atoms in total. The molecule has 0 saturated carbocycles. The van der Waals surface area contributed by atoms with Gasteiger partial charge in [-0.25, -0.2) is 4.68 Å². The number of hydrogen-bond donors (Lipinski definition) is 1. The molecule has 0 fully saturated rings. The lowest BCUT2D eigenvalue weighted by Crippen LogP contribution is -2.11. The Morgan fingerprint density at radius 3 is 3.27 bits per heavy atom. The fraction of sp³-hybridized carbons (Fsp3) is 0.600. The summed E-state index contributed by atoms with van der Waals surface area (Å²) in [7, 11) is 0. The summed E-state index contributed by atoms with van der Waals surface area (Å²) in [6.07, 6.45) is 3.66. The Hall–Kier alpha value is -1.20. The zero-order valence-corrected chi connectivity index (χ0v) is 9.15. The van der Waals surface area contributed by atoms with Gasteiger partial charge in [0.15, 0.2) is 0 Å². The summed E-state index contributed by atoms with van der Waals surface area (Å²) in [5.41, 5.74) is 0.959. The van der Waals surface area contributed by atoms with E-state index in [0.717, 1.165) is 25.3 Å². The highest BCUT2D eigenvalue weighted by Crippen LogP contribution is 1.92. The Kier molecular flexibility index (Phi) is 5.65.